The third-order valence-electron chi connectivity index (χ3n) is 1.84. The highest BCUT2D eigenvalue weighted by Gasteiger charge is 2.38. The topological polar surface area (TPSA) is 43.4 Å². The predicted molar refractivity (Wildman–Crippen MR) is 58.6 cm³/mol. The van der Waals surface area contributed by atoms with Crippen LogP contribution in [-0.4, -0.2) is 20.8 Å². The summed E-state index contributed by atoms with van der Waals surface area (Å²) in [6.45, 7) is 11.9. The molecule has 0 unspecified atom stereocenters. The summed E-state index contributed by atoms with van der Waals surface area (Å²) in [5, 5.41) is 0. The lowest BCUT2D eigenvalue weighted by atomic mass is 9.74. The summed E-state index contributed by atoms with van der Waals surface area (Å²) in [4.78, 5) is 0. The van der Waals surface area contributed by atoms with Crippen LogP contribution in [0.2, 0.25) is 0 Å². The SMILES string of the molecule is CC(C)(C)C(OS(C)(=O)=O)C(C)(C)C. The highest BCUT2D eigenvalue weighted by Crippen LogP contribution is 2.36. The second-order valence-corrected chi connectivity index (χ2v) is 7.51. The summed E-state index contributed by atoms with van der Waals surface area (Å²) in [6, 6.07) is 0. The molecule has 0 aliphatic rings. The fourth-order valence-corrected chi connectivity index (χ4v) is 2.69. The first kappa shape index (κ1) is 13.9. The molecule has 0 aromatic carbocycles. The van der Waals surface area contributed by atoms with Gasteiger partial charge in [0.2, 0.25) is 0 Å². The van der Waals surface area contributed by atoms with Crippen molar-refractivity contribution in [2.75, 3.05) is 6.26 Å². The normalized spacial score (nSPS) is 14.9. The minimum absolute atomic E-state index is 0.193. The number of hydrogen-bond acceptors (Lipinski definition) is 3. The van der Waals surface area contributed by atoms with Crippen LogP contribution in [0, 0.1) is 10.8 Å². The molecular weight excluding hydrogens is 200 g/mol. The maximum absolute atomic E-state index is 11.1. The summed E-state index contributed by atoms with van der Waals surface area (Å²) >= 11 is 0. The van der Waals surface area contributed by atoms with Crippen molar-refractivity contribution in [2.24, 2.45) is 10.8 Å². The van der Waals surface area contributed by atoms with E-state index < -0.39 is 10.1 Å². The lowest BCUT2D eigenvalue weighted by Gasteiger charge is -2.39. The van der Waals surface area contributed by atoms with Crippen molar-refractivity contribution in [3.8, 4) is 0 Å². The van der Waals surface area contributed by atoms with Gasteiger partial charge in [-0.25, -0.2) is 0 Å². The molecule has 0 bridgehead atoms. The molecule has 0 saturated carbocycles. The van der Waals surface area contributed by atoms with Gasteiger partial charge >= 0.3 is 0 Å². The number of hydrogen-bond donors (Lipinski definition) is 0. The van der Waals surface area contributed by atoms with Gasteiger partial charge in [0.15, 0.2) is 0 Å². The average molecular weight is 222 g/mol. The summed E-state index contributed by atoms with van der Waals surface area (Å²) in [6.07, 6.45) is 0.780. The standard InChI is InChI=1S/C10H22O3S/c1-9(2,3)8(10(4,5)6)13-14(7,11)12/h8H,1-7H3. The van der Waals surface area contributed by atoms with Crippen LogP contribution in [0.15, 0.2) is 0 Å². The molecule has 0 aromatic heterocycles. The summed E-state index contributed by atoms with van der Waals surface area (Å²) in [5.74, 6) is 0. The quantitative estimate of drug-likeness (QED) is 0.674. The van der Waals surface area contributed by atoms with E-state index in [9.17, 15) is 8.42 Å². The molecule has 3 nitrogen and oxygen atoms in total. The summed E-state index contributed by atoms with van der Waals surface area (Å²) < 4.78 is 27.4. The van der Waals surface area contributed by atoms with Gasteiger partial charge in [0.05, 0.1) is 12.4 Å². The van der Waals surface area contributed by atoms with Crippen molar-refractivity contribution >= 4 is 10.1 Å². The first-order valence-electron chi connectivity index (χ1n) is 4.72. The maximum Gasteiger partial charge on any atom is 0.264 e. The van der Waals surface area contributed by atoms with Crippen molar-refractivity contribution in [3.63, 3.8) is 0 Å². The molecule has 0 fully saturated rings. The Morgan fingerprint density at radius 2 is 1.21 bits per heavy atom. The van der Waals surface area contributed by atoms with Crippen molar-refractivity contribution < 1.29 is 12.6 Å². The minimum atomic E-state index is -3.39. The second kappa shape index (κ2) is 3.81. The molecule has 0 spiro atoms. The van der Waals surface area contributed by atoms with Gasteiger partial charge < -0.3 is 0 Å². The van der Waals surface area contributed by atoms with Crippen molar-refractivity contribution in [2.45, 2.75) is 47.6 Å². The van der Waals surface area contributed by atoms with E-state index in [-0.39, 0.29) is 16.9 Å². The Bertz CT molecular complexity index is 263. The smallest absolute Gasteiger partial charge is 0.264 e. The van der Waals surface area contributed by atoms with E-state index >= 15 is 0 Å². The van der Waals surface area contributed by atoms with Crippen LogP contribution >= 0.6 is 0 Å². The Morgan fingerprint density at radius 3 is 1.29 bits per heavy atom. The highest BCUT2D eigenvalue weighted by molar-refractivity contribution is 7.86. The molecule has 0 aromatic rings. The van der Waals surface area contributed by atoms with Crippen LogP contribution in [0.5, 0.6) is 0 Å². The summed E-state index contributed by atoms with van der Waals surface area (Å²) in [7, 11) is -3.39. The first-order chi connectivity index (χ1) is 5.84. The second-order valence-electron chi connectivity index (χ2n) is 5.91. The molecule has 0 aliphatic carbocycles. The first-order valence-corrected chi connectivity index (χ1v) is 6.54. The Hall–Kier alpha value is -0.0900. The van der Waals surface area contributed by atoms with Gasteiger partial charge in [0.25, 0.3) is 10.1 Å². The van der Waals surface area contributed by atoms with E-state index in [0.29, 0.717) is 0 Å². The molecule has 0 saturated heterocycles. The lowest BCUT2D eigenvalue weighted by Crippen LogP contribution is -2.41. The Kier molecular flexibility index (Phi) is 3.79. The summed E-state index contributed by atoms with van der Waals surface area (Å²) in [5.41, 5.74) is -0.386. The molecule has 14 heavy (non-hydrogen) atoms. The molecule has 0 radical (unpaired) electrons. The molecule has 86 valence electrons. The molecule has 0 N–H and O–H groups in total. The predicted octanol–water partition coefficient (Wildman–Crippen LogP) is 2.42. The van der Waals surface area contributed by atoms with Gasteiger partial charge in [-0.15, -0.1) is 0 Å². The van der Waals surface area contributed by atoms with Crippen LogP contribution in [0.25, 0.3) is 0 Å². The Labute approximate surface area is 88.0 Å². The molecule has 0 heterocycles. The van der Waals surface area contributed by atoms with Crippen LogP contribution < -0.4 is 0 Å². The fraction of sp³-hybridized carbons (Fsp3) is 1.00. The van der Waals surface area contributed by atoms with Crippen LogP contribution in [0.4, 0.5) is 0 Å². The van der Waals surface area contributed by atoms with E-state index in [1.54, 1.807) is 0 Å². The molecular formula is C10H22O3S. The maximum atomic E-state index is 11.1. The minimum Gasteiger partial charge on any atom is -0.266 e. The zero-order valence-corrected chi connectivity index (χ0v) is 11.0. The zero-order valence-electron chi connectivity index (χ0n) is 10.2. The van der Waals surface area contributed by atoms with E-state index in [4.69, 9.17) is 4.18 Å². The Balaban J connectivity index is 4.97. The zero-order chi connectivity index (χ0) is 11.8. The van der Waals surface area contributed by atoms with Gasteiger partial charge in [-0.2, -0.15) is 8.42 Å². The van der Waals surface area contributed by atoms with Gasteiger partial charge in [0.1, 0.15) is 0 Å². The third kappa shape index (κ3) is 4.96. The molecule has 4 heteroatoms. The highest BCUT2D eigenvalue weighted by atomic mass is 32.2. The van der Waals surface area contributed by atoms with Crippen molar-refractivity contribution in [3.05, 3.63) is 0 Å². The Morgan fingerprint density at radius 1 is 0.929 bits per heavy atom. The van der Waals surface area contributed by atoms with Crippen molar-refractivity contribution in [1.82, 2.24) is 0 Å². The van der Waals surface area contributed by atoms with Gasteiger partial charge in [-0.1, -0.05) is 41.5 Å². The molecule has 0 aliphatic heterocycles. The molecule has 0 atom stereocenters. The monoisotopic (exact) mass is 222 g/mol. The fourth-order valence-electron chi connectivity index (χ4n) is 1.76. The van der Waals surface area contributed by atoms with E-state index in [1.807, 2.05) is 41.5 Å². The van der Waals surface area contributed by atoms with Crippen LogP contribution in [-0.2, 0) is 14.3 Å². The van der Waals surface area contributed by atoms with Gasteiger partial charge in [-0.05, 0) is 10.8 Å². The van der Waals surface area contributed by atoms with Crippen molar-refractivity contribution in [1.29, 1.82) is 0 Å². The average Bonchev–Trinajstić information content (AvgIpc) is 1.75. The largest absolute Gasteiger partial charge is 0.266 e. The number of rotatable bonds is 2. The van der Waals surface area contributed by atoms with E-state index in [0.717, 1.165) is 6.26 Å². The van der Waals surface area contributed by atoms with Crippen LogP contribution in [0.1, 0.15) is 41.5 Å². The van der Waals surface area contributed by atoms with Crippen LogP contribution in [0.3, 0.4) is 0 Å². The van der Waals surface area contributed by atoms with Gasteiger partial charge in [0, 0.05) is 0 Å². The van der Waals surface area contributed by atoms with Gasteiger partial charge in [-0.3, -0.25) is 4.18 Å². The molecule has 0 amide bonds. The lowest BCUT2D eigenvalue weighted by molar-refractivity contribution is 0.00396. The van der Waals surface area contributed by atoms with E-state index in [2.05, 4.69) is 0 Å². The van der Waals surface area contributed by atoms with E-state index in [1.165, 1.54) is 0 Å². The third-order valence-corrected chi connectivity index (χ3v) is 2.39. The molecule has 0 rings (SSSR count).